The maximum Gasteiger partial charge on any atom is 0.492 e. The Morgan fingerprint density at radius 3 is 2.35 bits per heavy atom. The van der Waals surface area contributed by atoms with E-state index in [2.05, 4.69) is 0 Å². The van der Waals surface area contributed by atoms with Crippen molar-refractivity contribution in [3.05, 3.63) is 53.6 Å². The molecule has 0 fully saturated rings. The van der Waals surface area contributed by atoms with Crippen LogP contribution in [0, 0.1) is 6.92 Å². The van der Waals surface area contributed by atoms with E-state index in [1.807, 2.05) is 37.3 Å². The van der Waals surface area contributed by atoms with Crippen LogP contribution in [0.25, 0.3) is 0 Å². The maximum atomic E-state index is 9.31. The number of aryl methyl sites for hydroxylation is 1. The molecule has 0 saturated carbocycles. The van der Waals surface area contributed by atoms with E-state index in [1.54, 1.807) is 12.1 Å². The van der Waals surface area contributed by atoms with E-state index in [9.17, 15) is 10.0 Å². The average molecular weight is 272 g/mol. The van der Waals surface area contributed by atoms with Gasteiger partial charge in [-0.2, -0.15) is 0 Å². The molecule has 2 aromatic carbocycles. The van der Waals surface area contributed by atoms with Crippen LogP contribution in [0.15, 0.2) is 42.5 Å². The molecule has 20 heavy (non-hydrogen) atoms. The lowest BCUT2D eigenvalue weighted by molar-refractivity contribution is 0.306. The zero-order valence-corrected chi connectivity index (χ0v) is 11.5. The second-order valence-corrected chi connectivity index (χ2v) is 4.55. The van der Waals surface area contributed by atoms with E-state index >= 15 is 0 Å². The zero-order valence-electron chi connectivity index (χ0n) is 11.5. The molecular weight excluding hydrogens is 255 g/mol. The van der Waals surface area contributed by atoms with Gasteiger partial charge in [0.1, 0.15) is 18.1 Å². The Morgan fingerprint density at radius 2 is 1.75 bits per heavy atom. The molecule has 2 rings (SSSR count). The highest BCUT2D eigenvalue weighted by Gasteiger charge is 2.17. The Balaban J connectivity index is 2.09. The Hall–Kier alpha value is -1.98. The van der Waals surface area contributed by atoms with Crippen molar-refractivity contribution in [2.75, 3.05) is 7.11 Å². The van der Waals surface area contributed by atoms with Gasteiger partial charge in [0.2, 0.25) is 0 Å². The molecule has 0 bridgehead atoms. The molecule has 5 heteroatoms. The molecule has 0 atom stereocenters. The molecule has 4 nitrogen and oxygen atoms in total. The van der Waals surface area contributed by atoms with E-state index in [1.165, 1.54) is 12.7 Å². The van der Waals surface area contributed by atoms with Crippen LogP contribution in [0.5, 0.6) is 11.5 Å². The van der Waals surface area contributed by atoms with Crippen LogP contribution in [-0.4, -0.2) is 24.3 Å². The number of benzene rings is 2. The predicted molar refractivity (Wildman–Crippen MR) is 78.3 cm³/mol. The lowest BCUT2D eigenvalue weighted by Crippen LogP contribution is -2.31. The molecule has 0 spiro atoms. The van der Waals surface area contributed by atoms with E-state index in [0.29, 0.717) is 17.8 Å². The molecule has 2 N–H and O–H groups in total. The summed E-state index contributed by atoms with van der Waals surface area (Å²) < 4.78 is 10.7. The van der Waals surface area contributed by atoms with Crippen molar-refractivity contribution in [3.8, 4) is 11.5 Å². The third-order valence-electron chi connectivity index (χ3n) is 3.00. The molecule has 0 heterocycles. The number of methoxy groups -OCH3 is 1. The van der Waals surface area contributed by atoms with Crippen LogP contribution in [0.1, 0.15) is 11.1 Å². The highest BCUT2D eigenvalue weighted by Crippen LogP contribution is 2.15. The van der Waals surface area contributed by atoms with Gasteiger partial charge in [-0.25, -0.2) is 0 Å². The van der Waals surface area contributed by atoms with Crippen LogP contribution in [0.3, 0.4) is 0 Å². The minimum Gasteiger partial charge on any atom is -0.497 e. The number of ether oxygens (including phenoxy) is 2. The summed E-state index contributed by atoms with van der Waals surface area (Å²) in [6.45, 7) is 2.37. The van der Waals surface area contributed by atoms with Gasteiger partial charge in [-0.15, -0.1) is 0 Å². The largest absolute Gasteiger partial charge is 0.497 e. The molecule has 2 aromatic rings. The number of hydrogen-bond acceptors (Lipinski definition) is 4. The van der Waals surface area contributed by atoms with Crippen molar-refractivity contribution in [1.29, 1.82) is 0 Å². The van der Waals surface area contributed by atoms with Gasteiger partial charge < -0.3 is 19.5 Å². The van der Waals surface area contributed by atoms with Gasteiger partial charge in [-0.3, -0.25) is 0 Å². The van der Waals surface area contributed by atoms with Crippen LogP contribution >= 0.6 is 0 Å². The van der Waals surface area contributed by atoms with E-state index in [4.69, 9.17) is 9.47 Å². The molecule has 0 aliphatic carbocycles. The fraction of sp³-hybridized carbons (Fsp3) is 0.200. The highest BCUT2D eigenvalue weighted by molar-refractivity contribution is 6.59. The summed E-state index contributed by atoms with van der Waals surface area (Å²) in [5, 5.41) is 18.6. The van der Waals surface area contributed by atoms with Gasteiger partial charge in [0.05, 0.1) is 7.11 Å². The van der Waals surface area contributed by atoms with Gasteiger partial charge in [-0.1, -0.05) is 29.8 Å². The molecule has 0 aromatic heterocycles. The summed E-state index contributed by atoms with van der Waals surface area (Å²) in [5.41, 5.74) is 2.35. The smallest absolute Gasteiger partial charge is 0.492 e. The van der Waals surface area contributed by atoms with Crippen LogP contribution in [-0.2, 0) is 6.61 Å². The summed E-state index contributed by atoms with van der Waals surface area (Å²) in [6, 6.07) is 13.0. The van der Waals surface area contributed by atoms with Crippen molar-refractivity contribution < 1.29 is 19.5 Å². The normalized spacial score (nSPS) is 10.2. The highest BCUT2D eigenvalue weighted by atomic mass is 16.5. The van der Waals surface area contributed by atoms with Gasteiger partial charge in [0.15, 0.2) is 0 Å². The van der Waals surface area contributed by atoms with Crippen molar-refractivity contribution in [2.45, 2.75) is 13.5 Å². The first kappa shape index (κ1) is 14.4. The van der Waals surface area contributed by atoms with Crippen molar-refractivity contribution in [3.63, 3.8) is 0 Å². The molecule has 0 aliphatic rings. The monoisotopic (exact) mass is 272 g/mol. The maximum absolute atomic E-state index is 9.31. The number of hydrogen-bond donors (Lipinski definition) is 2. The lowest BCUT2D eigenvalue weighted by atomic mass is 9.79. The minimum absolute atomic E-state index is 0.331. The molecular formula is C15H17BO4. The third kappa shape index (κ3) is 3.53. The Labute approximate surface area is 118 Å². The third-order valence-corrected chi connectivity index (χ3v) is 3.00. The topological polar surface area (TPSA) is 58.9 Å². The summed E-state index contributed by atoms with van der Waals surface area (Å²) >= 11 is 0. The van der Waals surface area contributed by atoms with E-state index in [-0.39, 0.29) is 0 Å². The van der Waals surface area contributed by atoms with Gasteiger partial charge in [-0.05, 0) is 30.7 Å². The molecule has 0 radical (unpaired) electrons. The van der Waals surface area contributed by atoms with Crippen LogP contribution in [0.4, 0.5) is 0 Å². The molecule has 0 saturated heterocycles. The fourth-order valence-corrected chi connectivity index (χ4v) is 1.88. The predicted octanol–water partition coefficient (Wildman–Crippen LogP) is 1.26. The van der Waals surface area contributed by atoms with Crippen molar-refractivity contribution >= 4 is 12.6 Å². The molecule has 0 aliphatic heterocycles. The zero-order chi connectivity index (χ0) is 14.5. The Bertz CT molecular complexity index is 567. The average Bonchev–Trinajstić information content (AvgIpc) is 2.46. The first-order chi connectivity index (χ1) is 9.60. The van der Waals surface area contributed by atoms with Crippen LogP contribution in [0.2, 0.25) is 0 Å². The van der Waals surface area contributed by atoms with Crippen LogP contribution < -0.4 is 14.9 Å². The summed E-state index contributed by atoms with van der Waals surface area (Å²) in [6.07, 6.45) is 0. The first-order valence-corrected chi connectivity index (χ1v) is 6.32. The minimum atomic E-state index is -1.57. The van der Waals surface area contributed by atoms with Gasteiger partial charge in [0.25, 0.3) is 0 Å². The summed E-state index contributed by atoms with van der Waals surface area (Å²) in [7, 11) is -0.0757. The standard InChI is InChI=1S/C15H17BO4/c1-11-3-6-13(7-4-11)20-10-12-5-8-15(19-2)14(9-12)16(17)18/h3-9,17-18H,10H2,1-2H3. The second kappa shape index (κ2) is 6.46. The van der Waals surface area contributed by atoms with E-state index < -0.39 is 7.12 Å². The summed E-state index contributed by atoms with van der Waals surface area (Å²) in [5.74, 6) is 1.22. The van der Waals surface area contributed by atoms with Crippen molar-refractivity contribution in [2.24, 2.45) is 0 Å². The first-order valence-electron chi connectivity index (χ1n) is 6.32. The SMILES string of the molecule is COc1ccc(COc2ccc(C)cc2)cc1B(O)O. The molecule has 0 amide bonds. The molecule has 104 valence electrons. The van der Waals surface area contributed by atoms with E-state index in [0.717, 1.165) is 11.3 Å². The molecule has 0 unspecified atom stereocenters. The van der Waals surface area contributed by atoms with Gasteiger partial charge in [0, 0.05) is 5.46 Å². The quantitative estimate of drug-likeness (QED) is 0.804. The van der Waals surface area contributed by atoms with Crippen molar-refractivity contribution in [1.82, 2.24) is 0 Å². The van der Waals surface area contributed by atoms with Gasteiger partial charge >= 0.3 is 7.12 Å². The lowest BCUT2D eigenvalue weighted by Gasteiger charge is -2.11. The second-order valence-electron chi connectivity index (χ2n) is 4.55. The summed E-state index contributed by atoms with van der Waals surface area (Å²) in [4.78, 5) is 0. The Kier molecular flexibility index (Phi) is 4.66. The Morgan fingerprint density at radius 1 is 1.05 bits per heavy atom. The number of rotatable bonds is 5. The fourth-order valence-electron chi connectivity index (χ4n) is 1.88.